The van der Waals surface area contributed by atoms with Gasteiger partial charge in [-0.05, 0) is 17.9 Å². The fourth-order valence-corrected chi connectivity index (χ4v) is 4.14. The van der Waals surface area contributed by atoms with Crippen LogP contribution in [0.4, 0.5) is 9.93 Å². The second-order valence-corrected chi connectivity index (χ2v) is 8.41. The lowest BCUT2D eigenvalue weighted by atomic mass is 10.1. The molecule has 1 aliphatic heterocycles. The highest BCUT2D eigenvalue weighted by atomic mass is 32.1. The van der Waals surface area contributed by atoms with Gasteiger partial charge in [-0.25, -0.2) is 14.6 Å². The van der Waals surface area contributed by atoms with Crippen molar-refractivity contribution in [3.8, 4) is 0 Å². The Labute approximate surface area is 183 Å². The normalized spacial score (nSPS) is 15.9. The van der Waals surface area contributed by atoms with Gasteiger partial charge in [0.15, 0.2) is 10.8 Å². The van der Waals surface area contributed by atoms with Gasteiger partial charge in [-0.15, -0.1) is 11.3 Å². The number of amides is 4. The summed E-state index contributed by atoms with van der Waals surface area (Å²) in [6, 6.07) is 7.98. The van der Waals surface area contributed by atoms with E-state index in [1.165, 1.54) is 18.4 Å². The zero-order chi connectivity index (χ0) is 22.5. The molecular formula is C21H24N4O5S. The van der Waals surface area contributed by atoms with Gasteiger partial charge in [0.2, 0.25) is 5.91 Å². The van der Waals surface area contributed by atoms with Gasteiger partial charge >= 0.3 is 12.0 Å². The number of imide groups is 1. The molecule has 164 valence electrons. The number of anilines is 1. The highest BCUT2D eigenvalue weighted by Gasteiger charge is 2.37. The lowest BCUT2D eigenvalue weighted by Crippen LogP contribution is -2.31. The van der Waals surface area contributed by atoms with Gasteiger partial charge in [-0.1, -0.05) is 44.2 Å². The van der Waals surface area contributed by atoms with E-state index in [0.717, 1.165) is 15.3 Å². The number of esters is 1. The predicted molar refractivity (Wildman–Crippen MR) is 115 cm³/mol. The second kappa shape index (κ2) is 9.69. The molecule has 1 aliphatic rings. The summed E-state index contributed by atoms with van der Waals surface area (Å²) >= 11 is 1.21. The maximum absolute atomic E-state index is 12.6. The minimum Gasteiger partial charge on any atom is -0.464 e. The Hall–Kier alpha value is -3.27. The molecule has 2 N–H and O–H groups in total. The molecule has 1 fully saturated rings. The number of benzene rings is 1. The Kier molecular flexibility index (Phi) is 7.01. The lowest BCUT2D eigenvalue weighted by molar-refractivity contribution is -0.128. The van der Waals surface area contributed by atoms with Crippen LogP contribution >= 0.6 is 11.3 Å². The second-order valence-electron chi connectivity index (χ2n) is 7.38. The molecule has 2 heterocycles. The van der Waals surface area contributed by atoms with E-state index < -0.39 is 18.0 Å². The number of urea groups is 1. The van der Waals surface area contributed by atoms with E-state index in [4.69, 9.17) is 4.74 Å². The van der Waals surface area contributed by atoms with E-state index in [9.17, 15) is 19.2 Å². The Morgan fingerprint density at radius 3 is 2.61 bits per heavy atom. The van der Waals surface area contributed by atoms with Crippen molar-refractivity contribution in [2.45, 2.75) is 45.2 Å². The van der Waals surface area contributed by atoms with E-state index >= 15 is 0 Å². The number of rotatable bonds is 8. The minimum atomic E-state index is -0.755. The van der Waals surface area contributed by atoms with Crippen molar-refractivity contribution in [1.29, 1.82) is 0 Å². The molecule has 10 heteroatoms. The average Bonchev–Trinajstić information content (AvgIpc) is 3.29. The molecule has 1 atom stereocenters. The van der Waals surface area contributed by atoms with Crippen molar-refractivity contribution in [3.05, 3.63) is 46.5 Å². The van der Waals surface area contributed by atoms with Crippen LogP contribution in [0.25, 0.3) is 0 Å². The SMILES string of the molecule is COC(=O)c1nc(NC(=O)CC[C@@H]2NC(=O)N(Cc3ccccc3)C2=O)sc1C(C)C. The minimum absolute atomic E-state index is 0.0139. The van der Waals surface area contributed by atoms with Gasteiger partial charge in [-0.3, -0.25) is 14.5 Å². The zero-order valence-corrected chi connectivity index (χ0v) is 18.3. The lowest BCUT2D eigenvalue weighted by Gasteiger charge is -2.13. The Morgan fingerprint density at radius 1 is 1.26 bits per heavy atom. The molecular weight excluding hydrogens is 420 g/mol. The van der Waals surface area contributed by atoms with Gasteiger partial charge in [0.25, 0.3) is 5.91 Å². The van der Waals surface area contributed by atoms with Gasteiger partial charge in [0, 0.05) is 11.3 Å². The van der Waals surface area contributed by atoms with Crippen molar-refractivity contribution in [1.82, 2.24) is 15.2 Å². The number of carbonyl (C=O) groups is 4. The van der Waals surface area contributed by atoms with E-state index in [-0.39, 0.29) is 42.8 Å². The third-order valence-corrected chi connectivity index (χ3v) is 6.02. The Morgan fingerprint density at radius 2 is 1.97 bits per heavy atom. The molecule has 1 aromatic heterocycles. The molecule has 0 unspecified atom stereocenters. The maximum atomic E-state index is 12.6. The summed E-state index contributed by atoms with van der Waals surface area (Å²) in [5.74, 6) is -1.23. The van der Waals surface area contributed by atoms with E-state index in [1.54, 1.807) is 0 Å². The van der Waals surface area contributed by atoms with Crippen molar-refractivity contribution in [2.24, 2.45) is 0 Å². The van der Waals surface area contributed by atoms with E-state index in [2.05, 4.69) is 15.6 Å². The first-order valence-corrected chi connectivity index (χ1v) is 10.7. The first kappa shape index (κ1) is 22.4. The number of nitrogens with zero attached hydrogens (tertiary/aromatic N) is 2. The van der Waals surface area contributed by atoms with Gasteiger partial charge in [-0.2, -0.15) is 0 Å². The molecule has 4 amide bonds. The average molecular weight is 445 g/mol. The summed E-state index contributed by atoms with van der Waals surface area (Å²) in [5, 5.41) is 5.58. The van der Waals surface area contributed by atoms with Crippen LogP contribution in [0.1, 0.15) is 53.5 Å². The summed E-state index contributed by atoms with van der Waals surface area (Å²) in [6.07, 6.45) is 0.175. The Balaban J connectivity index is 1.57. The molecule has 1 aromatic carbocycles. The fraction of sp³-hybridized carbons (Fsp3) is 0.381. The summed E-state index contributed by atoms with van der Waals surface area (Å²) in [5.41, 5.74) is 1.03. The van der Waals surface area contributed by atoms with Gasteiger partial charge in [0.05, 0.1) is 13.7 Å². The van der Waals surface area contributed by atoms with Gasteiger partial charge < -0.3 is 15.4 Å². The van der Waals surface area contributed by atoms with Crippen LogP contribution in [0.15, 0.2) is 30.3 Å². The fourth-order valence-electron chi connectivity index (χ4n) is 3.17. The molecule has 0 radical (unpaired) electrons. The molecule has 0 saturated carbocycles. The number of methoxy groups -OCH3 is 1. The van der Waals surface area contributed by atoms with Crippen molar-refractivity contribution in [3.63, 3.8) is 0 Å². The molecule has 0 aliphatic carbocycles. The standard InChI is InChI=1S/C21H24N4O5S/c1-12(2)17-16(19(28)30-3)24-20(31-17)23-15(26)10-9-14-18(27)25(21(29)22-14)11-13-7-5-4-6-8-13/h4-8,12,14H,9-11H2,1-3H3,(H,22,29)(H,23,24,26)/t14-/m0/s1. The zero-order valence-electron chi connectivity index (χ0n) is 17.5. The number of nitrogens with one attached hydrogen (secondary N) is 2. The van der Waals surface area contributed by atoms with Crippen LogP contribution in [0.2, 0.25) is 0 Å². The van der Waals surface area contributed by atoms with Gasteiger partial charge in [0.1, 0.15) is 6.04 Å². The monoisotopic (exact) mass is 444 g/mol. The molecule has 9 nitrogen and oxygen atoms in total. The summed E-state index contributed by atoms with van der Waals surface area (Å²) < 4.78 is 4.75. The van der Waals surface area contributed by atoms with E-state index in [1.807, 2.05) is 44.2 Å². The third-order valence-electron chi connectivity index (χ3n) is 4.75. The molecule has 2 aromatic rings. The van der Waals surface area contributed by atoms with Crippen molar-refractivity contribution < 1.29 is 23.9 Å². The molecule has 3 rings (SSSR count). The van der Waals surface area contributed by atoms with Crippen LogP contribution in [-0.2, 0) is 20.9 Å². The number of hydrogen-bond donors (Lipinski definition) is 2. The highest BCUT2D eigenvalue weighted by Crippen LogP contribution is 2.30. The number of ether oxygens (including phenoxy) is 1. The molecule has 31 heavy (non-hydrogen) atoms. The van der Waals surface area contributed by atoms with Crippen LogP contribution < -0.4 is 10.6 Å². The quantitative estimate of drug-likeness (QED) is 0.478. The molecule has 0 spiro atoms. The number of hydrogen-bond acceptors (Lipinski definition) is 7. The molecule has 1 saturated heterocycles. The summed E-state index contributed by atoms with van der Waals surface area (Å²) in [7, 11) is 1.28. The molecule has 0 bridgehead atoms. The van der Waals surface area contributed by atoms with Crippen molar-refractivity contribution in [2.75, 3.05) is 12.4 Å². The largest absolute Gasteiger partial charge is 0.464 e. The van der Waals surface area contributed by atoms with Crippen LogP contribution in [0.5, 0.6) is 0 Å². The maximum Gasteiger partial charge on any atom is 0.357 e. The Bertz CT molecular complexity index is 989. The third kappa shape index (κ3) is 5.26. The first-order chi connectivity index (χ1) is 14.8. The van der Waals surface area contributed by atoms with Crippen LogP contribution in [0.3, 0.4) is 0 Å². The van der Waals surface area contributed by atoms with Crippen molar-refractivity contribution >= 4 is 40.3 Å². The van der Waals surface area contributed by atoms with Crippen LogP contribution in [-0.4, -0.2) is 46.9 Å². The first-order valence-electron chi connectivity index (χ1n) is 9.84. The number of aromatic nitrogens is 1. The summed E-state index contributed by atoms with van der Waals surface area (Å²) in [4.78, 5) is 55.0. The predicted octanol–water partition coefficient (Wildman–Crippen LogP) is 2.89. The number of thiazole rings is 1. The smallest absolute Gasteiger partial charge is 0.357 e. The highest BCUT2D eigenvalue weighted by molar-refractivity contribution is 7.16. The topological polar surface area (TPSA) is 118 Å². The summed E-state index contributed by atoms with van der Waals surface area (Å²) in [6.45, 7) is 4.02. The van der Waals surface area contributed by atoms with Crippen LogP contribution in [0, 0.1) is 0 Å². The van der Waals surface area contributed by atoms with E-state index in [0.29, 0.717) is 5.13 Å². The number of carbonyl (C=O) groups excluding carboxylic acids is 4.